The minimum absolute atomic E-state index is 0.438. The molecular formula is C56H84O6. The Morgan fingerprint density at radius 2 is 0.645 bits per heavy atom. The van der Waals surface area contributed by atoms with Crippen LogP contribution < -0.4 is 28.4 Å². The van der Waals surface area contributed by atoms with Crippen molar-refractivity contribution in [1.29, 1.82) is 0 Å². The second-order valence-electron chi connectivity index (χ2n) is 17.9. The van der Waals surface area contributed by atoms with Crippen molar-refractivity contribution in [1.82, 2.24) is 0 Å². The van der Waals surface area contributed by atoms with Crippen molar-refractivity contribution >= 4 is 21.5 Å². The highest BCUT2D eigenvalue weighted by Gasteiger charge is 2.30. The summed E-state index contributed by atoms with van der Waals surface area (Å²) in [5.74, 6) is 6.94. The Morgan fingerprint density at radius 3 is 0.919 bits per heavy atom. The predicted molar refractivity (Wildman–Crippen MR) is 261 cm³/mol. The SMILES string of the molecule is CCCCC(CC)COc1c2c(c(OCC(CC)CCCC)c3c(OCC)cccc13)=c1c(OCC(CC)CCCC)c3c(OCC)cccc3c(OCC(CC)CCCC)c1=2. The molecule has 0 N–H and O–H groups in total. The Balaban J connectivity index is 1.98. The summed E-state index contributed by atoms with van der Waals surface area (Å²) in [4.78, 5) is 0. The summed E-state index contributed by atoms with van der Waals surface area (Å²) in [7, 11) is 0. The monoisotopic (exact) mass is 853 g/mol. The topological polar surface area (TPSA) is 55.4 Å². The molecule has 0 amide bonds. The fraction of sp³-hybridized carbons (Fsp3) is 0.643. The number of benzene rings is 4. The number of fused-ring (bicyclic) bond motifs is 4. The largest absolute Gasteiger partial charge is 0.493 e. The van der Waals surface area contributed by atoms with Gasteiger partial charge in [0, 0.05) is 31.6 Å². The molecule has 1 aliphatic carbocycles. The molecule has 6 nitrogen and oxygen atoms in total. The summed E-state index contributed by atoms with van der Waals surface area (Å²) >= 11 is 0. The van der Waals surface area contributed by atoms with Crippen LogP contribution in [0.15, 0.2) is 36.4 Å². The Bertz CT molecular complexity index is 2020. The van der Waals surface area contributed by atoms with Crippen LogP contribution in [-0.4, -0.2) is 39.6 Å². The molecule has 6 heteroatoms. The summed E-state index contributed by atoms with van der Waals surface area (Å²) in [5.41, 5.74) is 0. The van der Waals surface area contributed by atoms with Crippen LogP contribution in [-0.2, 0) is 0 Å². The normalized spacial score (nSPS) is 13.8. The van der Waals surface area contributed by atoms with E-state index in [1.807, 2.05) is 0 Å². The Labute approximate surface area is 375 Å². The molecule has 0 bridgehead atoms. The first-order chi connectivity index (χ1) is 30.4. The first-order valence-corrected chi connectivity index (χ1v) is 25.4. The van der Waals surface area contributed by atoms with E-state index in [-0.39, 0.29) is 0 Å². The zero-order valence-corrected chi connectivity index (χ0v) is 40.8. The molecule has 0 aromatic heterocycles. The van der Waals surface area contributed by atoms with E-state index in [0.29, 0.717) is 63.3 Å². The molecule has 4 aromatic carbocycles. The van der Waals surface area contributed by atoms with Gasteiger partial charge in [-0.25, -0.2) is 0 Å². The molecule has 344 valence electrons. The van der Waals surface area contributed by atoms with Crippen LogP contribution in [0.3, 0.4) is 0 Å². The molecule has 0 radical (unpaired) electrons. The van der Waals surface area contributed by atoms with Crippen LogP contribution in [0, 0.1) is 44.5 Å². The first kappa shape index (κ1) is 49.2. The van der Waals surface area contributed by atoms with E-state index in [1.165, 1.54) is 51.4 Å². The molecule has 0 spiro atoms. The van der Waals surface area contributed by atoms with Crippen molar-refractivity contribution in [2.24, 2.45) is 23.7 Å². The summed E-state index contributed by atoms with van der Waals surface area (Å²) in [6, 6.07) is 12.8. The average Bonchev–Trinajstić information content (AvgIpc) is 3.28. The van der Waals surface area contributed by atoms with Crippen molar-refractivity contribution in [3.8, 4) is 34.5 Å². The lowest BCUT2D eigenvalue weighted by Gasteiger charge is -2.27. The number of ether oxygens (including phenoxy) is 6. The highest BCUT2D eigenvalue weighted by molar-refractivity contribution is 6.02. The van der Waals surface area contributed by atoms with Gasteiger partial charge in [-0.3, -0.25) is 0 Å². The highest BCUT2D eigenvalue weighted by atomic mass is 16.5. The van der Waals surface area contributed by atoms with Gasteiger partial charge in [-0.1, -0.05) is 157 Å². The number of hydrogen-bond acceptors (Lipinski definition) is 6. The Hall–Kier alpha value is -3.80. The van der Waals surface area contributed by atoms with Gasteiger partial charge >= 0.3 is 0 Å². The van der Waals surface area contributed by atoms with Gasteiger partial charge < -0.3 is 28.4 Å². The van der Waals surface area contributed by atoms with Crippen molar-refractivity contribution in [2.75, 3.05) is 39.6 Å². The van der Waals surface area contributed by atoms with E-state index in [1.54, 1.807) is 0 Å². The lowest BCUT2D eigenvalue weighted by atomic mass is 9.90. The fourth-order valence-electron chi connectivity index (χ4n) is 9.31. The standard InChI is InChI=1S/C56H84O6/c1-11-21-27-39(15-5)35-59-53-43-31-25-33-45(57-19-9)47(43)55(61-37-41(17-7)29-23-13-3)51-49(53)50-52(51)56(62-38-42(18-8)30-24-14-4)48-44(32-26-34-46(48)58-20-10)54(50)60-36-40(16-6)28-22-12-2/h25-26,31-34,39-42H,11-24,27-30,35-38H2,1-10H3. The highest BCUT2D eigenvalue weighted by Crippen LogP contribution is 2.51. The third kappa shape index (κ3) is 11.5. The van der Waals surface area contributed by atoms with E-state index < -0.39 is 0 Å². The summed E-state index contributed by atoms with van der Waals surface area (Å²) in [6.07, 6.45) is 18.3. The molecule has 5 rings (SSSR count). The molecule has 62 heavy (non-hydrogen) atoms. The van der Waals surface area contributed by atoms with Crippen molar-refractivity contribution < 1.29 is 28.4 Å². The smallest absolute Gasteiger partial charge is 0.139 e. The maximum Gasteiger partial charge on any atom is 0.139 e. The van der Waals surface area contributed by atoms with Crippen LogP contribution in [0.5, 0.6) is 34.5 Å². The van der Waals surface area contributed by atoms with Crippen LogP contribution in [0.4, 0.5) is 0 Å². The van der Waals surface area contributed by atoms with Gasteiger partial charge in [0.05, 0.1) is 50.4 Å². The third-order valence-electron chi connectivity index (χ3n) is 13.5. The van der Waals surface area contributed by atoms with Gasteiger partial charge in [0.1, 0.15) is 34.5 Å². The average molecular weight is 853 g/mol. The summed E-state index contributed by atoms with van der Waals surface area (Å²) in [5, 5.41) is 8.26. The van der Waals surface area contributed by atoms with Crippen molar-refractivity contribution in [3.63, 3.8) is 0 Å². The van der Waals surface area contributed by atoms with E-state index >= 15 is 0 Å². The number of hydrogen-bond donors (Lipinski definition) is 0. The van der Waals surface area contributed by atoms with E-state index in [0.717, 1.165) is 128 Å². The number of unbranched alkanes of at least 4 members (excludes halogenated alkanes) is 4. The quantitative estimate of drug-likeness (QED) is 0.0430. The second kappa shape index (κ2) is 25.5. The van der Waals surface area contributed by atoms with Crippen LogP contribution in [0.1, 0.15) is 172 Å². The van der Waals surface area contributed by atoms with Gasteiger partial charge in [-0.15, -0.1) is 0 Å². The lowest BCUT2D eigenvalue weighted by molar-refractivity contribution is 0.223. The lowest BCUT2D eigenvalue weighted by Crippen LogP contribution is -2.17. The Morgan fingerprint density at radius 1 is 0.355 bits per heavy atom. The minimum atomic E-state index is 0.438. The zero-order valence-electron chi connectivity index (χ0n) is 40.8. The second-order valence-corrected chi connectivity index (χ2v) is 17.9. The van der Waals surface area contributed by atoms with Gasteiger partial charge in [-0.05, 0) is 75.3 Å². The summed E-state index contributed by atoms with van der Waals surface area (Å²) < 4.78 is 42.2. The summed E-state index contributed by atoms with van der Waals surface area (Å²) in [6.45, 7) is 26.1. The van der Waals surface area contributed by atoms with Crippen LogP contribution in [0.25, 0.3) is 21.5 Å². The first-order valence-electron chi connectivity index (χ1n) is 25.4. The molecule has 0 saturated heterocycles. The molecule has 4 aromatic rings. The van der Waals surface area contributed by atoms with Crippen molar-refractivity contribution in [3.05, 3.63) is 57.3 Å². The van der Waals surface area contributed by atoms with Gasteiger partial charge in [-0.2, -0.15) is 0 Å². The maximum atomic E-state index is 7.31. The van der Waals surface area contributed by atoms with Gasteiger partial charge in [0.2, 0.25) is 0 Å². The molecule has 0 heterocycles. The predicted octanol–water partition coefficient (Wildman–Crippen LogP) is 16.1. The molecule has 4 atom stereocenters. The molecule has 1 aliphatic rings. The van der Waals surface area contributed by atoms with Gasteiger partial charge in [0.25, 0.3) is 0 Å². The zero-order chi connectivity index (χ0) is 44.4. The Kier molecular flexibility index (Phi) is 20.2. The van der Waals surface area contributed by atoms with Gasteiger partial charge in [0.15, 0.2) is 0 Å². The molecule has 0 aliphatic heterocycles. The van der Waals surface area contributed by atoms with E-state index in [4.69, 9.17) is 28.4 Å². The van der Waals surface area contributed by atoms with Crippen molar-refractivity contribution in [2.45, 2.75) is 172 Å². The van der Waals surface area contributed by atoms with E-state index in [2.05, 4.69) is 106 Å². The van der Waals surface area contributed by atoms with Crippen LogP contribution in [0.2, 0.25) is 0 Å². The minimum Gasteiger partial charge on any atom is -0.493 e. The fourth-order valence-corrected chi connectivity index (χ4v) is 9.31. The third-order valence-corrected chi connectivity index (χ3v) is 13.5. The molecular weight excluding hydrogens is 769 g/mol. The molecule has 4 unspecified atom stereocenters. The maximum absolute atomic E-state index is 7.31. The van der Waals surface area contributed by atoms with E-state index in [9.17, 15) is 0 Å². The molecule has 0 fully saturated rings. The number of rotatable bonds is 32. The molecule has 0 saturated carbocycles. The van der Waals surface area contributed by atoms with Crippen LogP contribution >= 0.6 is 0 Å².